The second kappa shape index (κ2) is 6.47. The Morgan fingerprint density at radius 3 is 2.88 bits per heavy atom. The number of ether oxygens (including phenoxy) is 2. The number of ketones is 1. The van der Waals surface area contributed by atoms with Gasteiger partial charge in [-0.25, -0.2) is 4.79 Å². The van der Waals surface area contributed by atoms with Crippen LogP contribution < -0.4 is 4.74 Å². The van der Waals surface area contributed by atoms with Crippen LogP contribution in [-0.4, -0.2) is 52.9 Å². The first-order valence-corrected chi connectivity index (χ1v) is 8.74. The monoisotopic (exact) mass is 349 g/mol. The Hall–Kier alpha value is -2.02. The summed E-state index contributed by atoms with van der Waals surface area (Å²) < 4.78 is 10.3. The number of hydrogen-bond acceptors (Lipinski definition) is 6. The maximum atomic E-state index is 12.4. The summed E-state index contributed by atoms with van der Waals surface area (Å²) in [6, 6.07) is 6.18. The molecule has 128 valence electrons. The topological polar surface area (TPSA) is 72.9 Å². The molecule has 2 aliphatic heterocycles. The van der Waals surface area contributed by atoms with Gasteiger partial charge in [-0.15, -0.1) is 11.8 Å². The Morgan fingerprint density at radius 2 is 2.12 bits per heavy atom. The molecule has 3 rings (SSSR count). The standard InChI is InChI=1S/C17H19NO5S/c1-17-8-7-15(20)18(17)12(10-24-17)16(21)23-9-13(19)11-5-3-4-6-14(11)22-2/h3-6,12H,7-10H2,1-2H3/t12-,17+/m0/s1. The quantitative estimate of drug-likeness (QED) is 0.597. The molecule has 2 saturated heterocycles. The second-order valence-corrected chi connectivity index (χ2v) is 7.50. The molecule has 6 nitrogen and oxygen atoms in total. The number of para-hydroxylation sites is 1. The summed E-state index contributed by atoms with van der Waals surface area (Å²) in [5.74, 6) is 0.0636. The lowest BCUT2D eigenvalue weighted by atomic mass is 10.1. The molecular formula is C17H19NO5S. The van der Waals surface area contributed by atoms with Gasteiger partial charge in [0.25, 0.3) is 0 Å². The van der Waals surface area contributed by atoms with E-state index in [-0.39, 0.29) is 23.2 Å². The molecule has 0 saturated carbocycles. The van der Waals surface area contributed by atoms with Crippen LogP contribution in [-0.2, 0) is 14.3 Å². The average Bonchev–Trinajstić information content (AvgIpc) is 3.08. The van der Waals surface area contributed by atoms with Gasteiger partial charge in [-0.1, -0.05) is 12.1 Å². The highest BCUT2D eigenvalue weighted by atomic mass is 32.2. The number of nitrogens with zero attached hydrogens (tertiary/aromatic N) is 1. The first kappa shape index (κ1) is 16.8. The molecule has 2 aliphatic rings. The van der Waals surface area contributed by atoms with E-state index in [2.05, 4.69) is 0 Å². The molecule has 0 aliphatic carbocycles. The maximum Gasteiger partial charge on any atom is 0.330 e. The number of fused-ring (bicyclic) bond motifs is 1. The van der Waals surface area contributed by atoms with E-state index in [1.807, 2.05) is 6.92 Å². The Balaban J connectivity index is 1.64. The van der Waals surface area contributed by atoms with Gasteiger partial charge in [0, 0.05) is 12.2 Å². The van der Waals surface area contributed by atoms with Gasteiger partial charge in [0.1, 0.15) is 11.8 Å². The van der Waals surface area contributed by atoms with Crippen molar-refractivity contribution in [1.29, 1.82) is 0 Å². The molecule has 24 heavy (non-hydrogen) atoms. The van der Waals surface area contributed by atoms with Crippen molar-refractivity contribution >= 4 is 29.4 Å². The molecule has 1 amide bonds. The number of Topliss-reactive ketones (excluding diaryl/α,β-unsaturated/α-hetero) is 1. The molecule has 1 aromatic carbocycles. The van der Waals surface area contributed by atoms with Gasteiger partial charge in [0.2, 0.25) is 11.7 Å². The van der Waals surface area contributed by atoms with Crippen LogP contribution >= 0.6 is 11.8 Å². The third-order valence-corrected chi connectivity index (χ3v) is 5.97. The lowest BCUT2D eigenvalue weighted by Crippen LogP contribution is -2.46. The fourth-order valence-corrected chi connectivity index (χ4v) is 4.60. The normalized spacial score (nSPS) is 25.5. The van der Waals surface area contributed by atoms with E-state index in [1.165, 1.54) is 7.11 Å². The molecule has 2 heterocycles. The van der Waals surface area contributed by atoms with Gasteiger partial charge < -0.3 is 14.4 Å². The third-order valence-electron chi connectivity index (χ3n) is 4.47. The summed E-state index contributed by atoms with van der Waals surface area (Å²) in [6.07, 6.45) is 1.19. The SMILES string of the molecule is COc1ccccc1C(=O)COC(=O)[C@@H]1CS[C@]2(C)CCC(=O)N12. The minimum atomic E-state index is -0.611. The molecule has 0 N–H and O–H groups in total. The highest BCUT2D eigenvalue weighted by Gasteiger charge is 2.53. The molecule has 0 spiro atoms. The number of rotatable bonds is 5. The number of hydrogen-bond donors (Lipinski definition) is 0. The van der Waals surface area contributed by atoms with E-state index in [1.54, 1.807) is 40.9 Å². The van der Waals surface area contributed by atoms with Crippen molar-refractivity contribution in [3.63, 3.8) is 0 Å². The number of benzene rings is 1. The van der Waals surface area contributed by atoms with E-state index in [9.17, 15) is 14.4 Å². The highest BCUT2D eigenvalue weighted by molar-refractivity contribution is 8.01. The van der Waals surface area contributed by atoms with Crippen LogP contribution in [0.1, 0.15) is 30.1 Å². The van der Waals surface area contributed by atoms with E-state index in [0.717, 1.165) is 6.42 Å². The molecule has 1 aromatic rings. The summed E-state index contributed by atoms with van der Waals surface area (Å²) in [4.78, 5) is 37.9. The zero-order valence-electron chi connectivity index (χ0n) is 13.6. The molecule has 2 fully saturated rings. The first-order valence-electron chi connectivity index (χ1n) is 7.75. The molecule has 7 heteroatoms. The number of carbonyl (C=O) groups excluding carboxylic acids is 3. The van der Waals surface area contributed by atoms with Crippen LogP contribution in [0.25, 0.3) is 0 Å². The number of methoxy groups -OCH3 is 1. The van der Waals surface area contributed by atoms with Crippen molar-refractivity contribution in [1.82, 2.24) is 4.90 Å². The summed E-state index contributed by atoms with van der Waals surface area (Å²) >= 11 is 1.59. The fourth-order valence-electron chi connectivity index (χ4n) is 3.18. The van der Waals surface area contributed by atoms with Crippen LogP contribution in [0.4, 0.5) is 0 Å². The summed E-state index contributed by atoms with van der Waals surface area (Å²) in [6.45, 7) is 1.61. The zero-order chi connectivity index (χ0) is 17.3. The van der Waals surface area contributed by atoms with Crippen molar-refractivity contribution in [2.24, 2.45) is 0 Å². The minimum absolute atomic E-state index is 0.0273. The van der Waals surface area contributed by atoms with Crippen LogP contribution in [0.3, 0.4) is 0 Å². The third kappa shape index (κ3) is 2.88. The van der Waals surface area contributed by atoms with E-state index in [4.69, 9.17) is 9.47 Å². The van der Waals surface area contributed by atoms with Gasteiger partial charge >= 0.3 is 5.97 Å². The number of esters is 1. The van der Waals surface area contributed by atoms with Gasteiger partial charge in [0.15, 0.2) is 6.61 Å². The summed E-state index contributed by atoms with van der Waals surface area (Å²) in [5.41, 5.74) is 0.371. The Labute approximate surface area is 144 Å². The smallest absolute Gasteiger partial charge is 0.330 e. The number of thioether (sulfide) groups is 1. The Kier molecular flexibility index (Phi) is 4.54. The lowest BCUT2D eigenvalue weighted by molar-refractivity contribution is -0.152. The Bertz CT molecular complexity index is 691. The largest absolute Gasteiger partial charge is 0.496 e. The van der Waals surface area contributed by atoms with E-state index in [0.29, 0.717) is 23.5 Å². The fraction of sp³-hybridized carbons (Fsp3) is 0.471. The maximum absolute atomic E-state index is 12.4. The first-order chi connectivity index (χ1) is 11.5. The van der Waals surface area contributed by atoms with Crippen molar-refractivity contribution in [3.05, 3.63) is 29.8 Å². The van der Waals surface area contributed by atoms with Crippen molar-refractivity contribution < 1.29 is 23.9 Å². The molecule has 0 radical (unpaired) electrons. The summed E-state index contributed by atoms with van der Waals surface area (Å²) in [5, 5.41) is 0. The van der Waals surface area contributed by atoms with Crippen LogP contribution in [0, 0.1) is 0 Å². The molecule has 2 atom stereocenters. The minimum Gasteiger partial charge on any atom is -0.496 e. The number of amides is 1. The molecule has 0 aromatic heterocycles. The zero-order valence-corrected chi connectivity index (χ0v) is 14.4. The van der Waals surface area contributed by atoms with E-state index < -0.39 is 12.0 Å². The second-order valence-electron chi connectivity index (χ2n) is 6.00. The van der Waals surface area contributed by atoms with Crippen molar-refractivity contribution in [2.45, 2.75) is 30.7 Å². The van der Waals surface area contributed by atoms with Crippen LogP contribution in [0.5, 0.6) is 5.75 Å². The lowest BCUT2D eigenvalue weighted by Gasteiger charge is -2.29. The van der Waals surface area contributed by atoms with Gasteiger partial charge in [-0.2, -0.15) is 0 Å². The average molecular weight is 349 g/mol. The summed E-state index contributed by atoms with van der Waals surface area (Å²) in [7, 11) is 1.48. The highest BCUT2D eigenvalue weighted by Crippen LogP contribution is 2.47. The molecule has 0 bridgehead atoms. The Morgan fingerprint density at radius 1 is 1.38 bits per heavy atom. The van der Waals surface area contributed by atoms with Gasteiger partial charge in [-0.3, -0.25) is 9.59 Å². The van der Waals surface area contributed by atoms with Crippen molar-refractivity contribution in [2.75, 3.05) is 19.5 Å². The molecule has 0 unspecified atom stereocenters. The van der Waals surface area contributed by atoms with Crippen molar-refractivity contribution in [3.8, 4) is 5.75 Å². The van der Waals surface area contributed by atoms with Gasteiger partial charge in [0.05, 0.1) is 17.5 Å². The van der Waals surface area contributed by atoms with Crippen LogP contribution in [0.15, 0.2) is 24.3 Å². The van der Waals surface area contributed by atoms with Crippen LogP contribution in [0.2, 0.25) is 0 Å². The van der Waals surface area contributed by atoms with Gasteiger partial charge in [-0.05, 0) is 25.5 Å². The molecular weight excluding hydrogens is 330 g/mol. The predicted octanol–water partition coefficient (Wildman–Crippen LogP) is 1.88. The number of carbonyl (C=O) groups is 3. The van der Waals surface area contributed by atoms with E-state index >= 15 is 0 Å². The predicted molar refractivity (Wildman–Crippen MR) is 89.0 cm³/mol.